The van der Waals surface area contributed by atoms with Gasteiger partial charge in [-0.25, -0.2) is 9.97 Å². The lowest BCUT2D eigenvalue weighted by molar-refractivity contribution is 0.100. The molecular formula is C18H15N3O. The highest BCUT2D eigenvalue weighted by Gasteiger charge is 2.07. The average Bonchev–Trinajstić information content (AvgIpc) is 2.55. The average molecular weight is 289 g/mol. The van der Waals surface area contributed by atoms with Crippen molar-refractivity contribution < 1.29 is 4.79 Å². The number of aromatic nitrogens is 2. The van der Waals surface area contributed by atoms with Crippen LogP contribution < -0.4 is 5.73 Å². The molecule has 22 heavy (non-hydrogen) atoms. The van der Waals surface area contributed by atoms with E-state index >= 15 is 0 Å². The molecule has 0 spiro atoms. The van der Waals surface area contributed by atoms with Gasteiger partial charge in [-0.05, 0) is 25.1 Å². The van der Waals surface area contributed by atoms with E-state index in [0.29, 0.717) is 11.4 Å². The van der Waals surface area contributed by atoms with E-state index in [9.17, 15) is 4.79 Å². The van der Waals surface area contributed by atoms with Crippen molar-refractivity contribution in [2.45, 2.75) is 6.92 Å². The van der Waals surface area contributed by atoms with Crippen molar-refractivity contribution in [1.29, 1.82) is 0 Å². The van der Waals surface area contributed by atoms with Crippen LogP contribution in [0.3, 0.4) is 0 Å². The van der Waals surface area contributed by atoms with Crippen molar-refractivity contribution in [2.75, 3.05) is 0 Å². The highest BCUT2D eigenvalue weighted by Crippen LogP contribution is 2.23. The van der Waals surface area contributed by atoms with Gasteiger partial charge in [-0.15, -0.1) is 0 Å². The molecule has 1 heterocycles. The van der Waals surface area contributed by atoms with Crippen molar-refractivity contribution >= 4 is 5.91 Å². The van der Waals surface area contributed by atoms with Gasteiger partial charge in [-0.2, -0.15) is 0 Å². The molecule has 3 aromatic rings. The van der Waals surface area contributed by atoms with E-state index in [2.05, 4.69) is 9.97 Å². The first-order valence-corrected chi connectivity index (χ1v) is 6.95. The molecule has 0 radical (unpaired) electrons. The fourth-order valence-electron chi connectivity index (χ4n) is 2.28. The number of rotatable bonds is 3. The number of hydrogen-bond acceptors (Lipinski definition) is 3. The third-order valence-corrected chi connectivity index (χ3v) is 3.37. The maximum atomic E-state index is 11.1. The summed E-state index contributed by atoms with van der Waals surface area (Å²) >= 11 is 0. The van der Waals surface area contributed by atoms with Gasteiger partial charge in [-0.1, -0.05) is 42.5 Å². The van der Waals surface area contributed by atoms with Crippen molar-refractivity contribution in [3.63, 3.8) is 0 Å². The molecule has 2 N–H and O–H groups in total. The normalized spacial score (nSPS) is 10.4. The molecule has 108 valence electrons. The number of hydrogen-bond donors (Lipinski definition) is 1. The minimum absolute atomic E-state index is 0.435. The number of nitrogens with two attached hydrogens (primary N) is 1. The zero-order valence-corrected chi connectivity index (χ0v) is 12.2. The molecule has 1 amide bonds. The maximum absolute atomic E-state index is 11.1. The van der Waals surface area contributed by atoms with Crippen LogP contribution >= 0.6 is 0 Å². The minimum Gasteiger partial charge on any atom is -0.366 e. The fourth-order valence-corrected chi connectivity index (χ4v) is 2.28. The van der Waals surface area contributed by atoms with Crippen LogP contribution in [0.4, 0.5) is 0 Å². The predicted molar refractivity (Wildman–Crippen MR) is 86.2 cm³/mol. The Labute approximate surface area is 128 Å². The van der Waals surface area contributed by atoms with Crippen LogP contribution in [0, 0.1) is 6.92 Å². The molecule has 3 rings (SSSR count). The number of primary amides is 1. The van der Waals surface area contributed by atoms with Crippen LogP contribution in [0.2, 0.25) is 0 Å². The van der Waals surface area contributed by atoms with Crippen LogP contribution in [-0.4, -0.2) is 15.9 Å². The summed E-state index contributed by atoms with van der Waals surface area (Å²) in [5.41, 5.74) is 9.41. The van der Waals surface area contributed by atoms with Gasteiger partial charge in [-0.3, -0.25) is 4.79 Å². The van der Waals surface area contributed by atoms with E-state index in [1.807, 2.05) is 55.5 Å². The molecule has 0 aliphatic rings. The number of benzene rings is 2. The quantitative estimate of drug-likeness (QED) is 0.805. The fraction of sp³-hybridized carbons (Fsp3) is 0.0556. The van der Waals surface area contributed by atoms with Gasteiger partial charge in [0.2, 0.25) is 5.91 Å². The number of carbonyl (C=O) groups excluding carboxylic acids is 1. The standard InChI is InChI=1S/C18H15N3O/c1-12-20-16(13-5-3-2-4-6-13)11-17(21-12)14-7-9-15(10-8-14)18(19)22/h2-11H,1H3,(H2,19,22). The number of carbonyl (C=O) groups is 1. The van der Waals surface area contributed by atoms with Gasteiger partial charge in [0, 0.05) is 16.7 Å². The summed E-state index contributed by atoms with van der Waals surface area (Å²) < 4.78 is 0. The number of nitrogens with zero attached hydrogens (tertiary/aromatic N) is 2. The Hall–Kier alpha value is -3.01. The van der Waals surface area contributed by atoms with Gasteiger partial charge in [0.05, 0.1) is 11.4 Å². The Morgan fingerprint density at radius 1 is 0.864 bits per heavy atom. The van der Waals surface area contributed by atoms with Crippen LogP contribution in [0.5, 0.6) is 0 Å². The third kappa shape index (κ3) is 2.86. The zero-order chi connectivity index (χ0) is 15.5. The summed E-state index contributed by atoms with van der Waals surface area (Å²) in [7, 11) is 0. The van der Waals surface area contributed by atoms with Crippen molar-refractivity contribution in [1.82, 2.24) is 9.97 Å². The van der Waals surface area contributed by atoms with Gasteiger partial charge < -0.3 is 5.73 Å². The van der Waals surface area contributed by atoms with Crippen LogP contribution in [0.25, 0.3) is 22.5 Å². The summed E-state index contributed by atoms with van der Waals surface area (Å²) in [4.78, 5) is 20.1. The molecule has 4 heteroatoms. The van der Waals surface area contributed by atoms with Crippen molar-refractivity contribution in [3.05, 3.63) is 72.1 Å². The molecular weight excluding hydrogens is 274 g/mol. The Morgan fingerprint density at radius 2 is 1.41 bits per heavy atom. The number of aryl methyl sites for hydroxylation is 1. The molecule has 4 nitrogen and oxygen atoms in total. The summed E-state index contributed by atoms with van der Waals surface area (Å²) in [5.74, 6) is 0.269. The largest absolute Gasteiger partial charge is 0.366 e. The van der Waals surface area contributed by atoms with E-state index in [4.69, 9.17) is 5.73 Å². The minimum atomic E-state index is -0.435. The van der Waals surface area contributed by atoms with Gasteiger partial charge in [0.15, 0.2) is 0 Å². The van der Waals surface area contributed by atoms with E-state index < -0.39 is 5.91 Å². The molecule has 0 atom stereocenters. The molecule has 0 fully saturated rings. The van der Waals surface area contributed by atoms with Crippen LogP contribution in [-0.2, 0) is 0 Å². The first-order chi connectivity index (χ1) is 10.6. The number of amides is 1. The Bertz CT molecular complexity index is 811. The Balaban J connectivity index is 2.04. The highest BCUT2D eigenvalue weighted by molar-refractivity contribution is 5.93. The van der Waals surface area contributed by atoms with Gasteiger partial charge >= 0.3 is 0 Å². The monoisotopic (exact) mass is 289 g/mol. The molecule has 2 aromatic carbocycles. The van der Waals surface area contributed by atoms with E-state index in [-0.39, 0.29) is 0 Å². The second kappa shape index (κ2) is 5.77. The molecule has 0 aliphatic heterocycles. The molecule has 0 aliphatic carbocycles. The lowest BCUT2D eigenvalue weighted by Gasteiger charge is -2.07. The van der Waals surface area contributed by atoms with Crippen molar-refractivity contribution in [2.24, 2.45) is 5.73 Å². The second-order valence-corrected chi connectivity index (χ2v) is 4.99. The van der Waals surface area contributed by atoms with Gasteiger partial charge in [0.25, 0.3) is 0 Å². The van der Waals surface area contributed by atoms with Gasteiger partial charge in [0.1, 0.15) is 5.82 Å². The SMILES string of the molecule is Cc1nc(-c2ccccc2)cc(-c2ccc(C(N)=O)cc2)n1. The first kappa shape index (κ1) is 13.9. The summed E-state index contributed by atoms with van der Waals surface area (Å²) in [5, 5.41) is 0. The Kier molecular flexibility index (Phi) is 3.66. The first-order valence-electron chi connectivity index (χ1n) is 6.95. The lowest BCUT2D eigenvalue weighted by atomic mass is 10.1. The molecule has 0 saturated heterocycles. The molecule has 1 aromatic heterocycles. The molecule has 0 bridgehead atoms. The maximum Gasteiger partial charge on any atom is 0.248 e. The highest BCUT2D eigenvalue weighted by atomic mass is 16.1. The third-order valence-electron chi connectivity index (χ3n) is 3.37. The second-order valence-electron chi connectivity index (χ2n) is 4.99. The Morgan fingerprint density at radius 3 is 1.95 bits per heavy atom. The zero-order valence-electron chi connectivity index (χ0n) is 12.2. The molecule has 0 unspecified atom stereocenters. The lowest BCUT2D eigenvalue weighted by Crippen LogP contribution is -2.10. The smallest absolute Gasteiger partial charge is 0.248 e. The van der Waals surface area contributed by atoms with Crippen LogP contribution in [0.1, 0.15) is 16.2 Å². The predicted octanol–water partition coefficient (Wildman–Crippen LogP) is 3.22. The van der Waals surface area contributed by atoms with E-state index in [1.54, 1.807) is 12.1 Å². The summed E-state index contributed by atoms with van der Waals surface area (Å²) in [6, 6.07) is 19.0. The van der Waals surface area contributed by atoms with E-state index in [1.165, 1.54) is 0 Å². The summed E-state index contributed by atoms with van der Waals surface area (Å²) in [6.07, 6.45) is 0. The summed E-state index contributed by atoms with van der Waals surface area (Å²) in [6.45, 7) is 1.87. The van der Waals surface area contributed by atoms with Crippen LogP contribution in [0.15, 0.2) is 60.7 Å². The topological polar surface area (TPSA) is 68.9 Å². The van der Waals surface area contributed by atoms with Crippen molar-refractivity contribution in [3.8, 4) is 22.5 Å². The molecule has 0 saturated carbocycles. The van der Waals surface area contributed by atoms with E-state index in [0.717, 1.165) is 22.5 Å².